The number of rotatable bonds is 6. The number of benzene rings is 1. The van der Waals surface area contributed by atoms with Gasteiger partial charge in [0.05, 0.1) is 5.56 Å². The van der Waals surface area contributed by atoms with Crippen LogP contribution >= 0.6 is 0 Å². The van der Waals surface area contributed by atoms with Crippen molar-refractivity contribution >= 4 is 11.9 Å². The number of carbonyl (C=O) groups is 2. The van der Waals surface area contributed by atoms with E-state index in [1.165, 1.54) is 12.1 Å². The van der Waals surface area contributed by atoms with Gasteiger partial charge < -0.3 is 15.2 Å². The summed E-state index contributed by atoms with van der Waals surface area (Å²) < 4.78 is 5.27. The first-order chi connectivity index (χ1) is 8.84. The van der Waals surface area contributed by atoms with Crippen LogP contribution in [0.1, 0.15) is 37.6 Å². The predicted molar refractivity (Wildman–Crippen MR) is 71.4 cm³/mol. The van der Waals surface area contributed by atoms with Crippen LogP contribution < -0.4 is 10.1 Å². The van der Waals surface area contributed by atoms with Crippen LogP contribution in [0.5, 0.6) is 5.75 Å². The van der Waals surface area contributed by atoms with Crippen molar-refractivity contribution in [2.45, 2.75) is 32.7 Å². The van der Waals surface area contributed by atoms with Gasteiger partial charge >= 0.3 is 5.97 Å². The molecule has 1 rings (SSSR count). The Morgan fingerprint density at radius 2 is 2.05 bits per heavy atom. The Balaban J connectivity index is 2.55. The van der Waals surface area contributed by atoms with Crippen LogP contribution in [-0.4, -0.2) is 29.1 Å². The SMILES string of the molecule is CCC(C)(C)NC(=O)COc1cccc(C(=O)O)c1. The van der Waals surface area contributed by atoms with Gasteiger partial charge in [-0.3, -0.25) is 4.79 Å². The highest BCUT2D eigenvalue weighted by Crippen LogP contribution is 2.13. The first kappa shape index (κ1) is 15.0. The second kappa shape index (κ2) is 6.22. The summed E-state index contributed by atoms with van der Waals surface area (Å²) in [5.41, 5.74) is -0.143. The number of ether oxygens (including phenoxy) is 1. The molecule has 5 nitrogen and oxygen atoms in total. The smallest absolute Gasteiger partial charge is 0.335 e. The van der Waals surface area contributed by atoms with Gasteiger partial charge in [0.1, 0.15) is 5.75 Å². The molecule has 0 atom stereocenters. The molecule has 1 aromatic carbocycles. The van der Waals surface area contributed by atoms with E-state index in [4.69, 9.17) is 9.84 Å². The molecular weight excluding hydrogens is 246 g/mol. The fourth-order valence-electron chi connectivity index (χ4n) is 1.37. The van der Waals surface area contributed by atoms with E-state index in [9.17, 15) is 9.59 Å². The molecule has 104 valence electrons. The van der Waals surface area contributed by atoms with E-state index in [-0.39, 0.29) is 23.6 Å². The molecule has 0 saturated heterocycles. The molecule has 0 aliphatic rings. The third-order valence-electron chi connectivity index (χ3n) is 2.81. The Labute approximate surface area is 112 Å². The highest BCUT2D eigenvalue weighted by Gasteiger charge is 2.17. The molecule has 0 aliphatic carbocycles. The zero-order chi connectivity index (χ0) is 14.5. The van der Waals surface area contributed by atoms with Crippen molar-refractivity contribution in [3.63, 3.8) is 0 Å². The van der Waals surface area contributed by atoms with Gasteiger partial charge in [0.2, 0.25) is 0 Å². The van der Waals surface area contributed by atoms with Crippen molar-refractivity contribution in [1.29, 1.82) is 0 Å². The minimum atomic E-state index is -1.03. The summed E-state index contributed by atoms with van der Waals surface area (Å²) in [6.07, 6.45) is 0.813. The number of hydrogen-bond donors (Lipinski definition) is 2. The van der Waals surface area contributed by atoms with Crippen molar-refractivity contribution in [2.75, 3.05) is 6.61 Å². The molecule has 0 radical (unpaired) electrons. The highest BCUT2D eigenvalue weighted by molar-refractivity contribution is 5.88. The van der Waals surface area contributed by atoms with Crippen molar-refractivity contribution in [3.05, 3.63) is 29.8 Å². The first-order valence-corrected chi connectivity index (χ1v) is 6.11. The average Bonchev–Trinajstić information content (AvgIpc) is 2.36. The van der Waals surface area contributed by atoms with Crippen LogP contribution in [0.2, 0.25) is 0 Å². The topological polar surface area (TPSA) is 75.6 Å². The van der Waals surface area contributed by atoms with Crippen LogP contribution in [0.15, 0.2) is 24.3 Å². The fourth-order valence-corrected chi connectivity index (χ4v) is 1.37. The number of carboxylic acid groups (broad SMARTS) is 1. The Morgan fingerprint density at radius 1 is 1.37 bits per heavy atom. The van der Waals surface area contributed by atoms with E-state index in [0.29, 0.717) is 5.75 Å². The average molecular weight is 265 g/mol. The van der Waals surface area contributed by atoms with E-state index in [1.54, 1.807) is 12.1 Å². The molecule has 0 spiro atoms. The minimum absolute atomic E-state index is 0.131. The molecule has 1 amide bonds. The molecule has 0 fully saturated rings. The molecule has 0 bridgehead atoms. The van der Waals surface area contributed by atoms with Gasteiger partial charge in [0, 0.05) is 5.54 Å². The summed E-state index contributed by atoms with van der Waals surface area (Å²) in [6, 6.07) is 6.05. The molecule has 0 saturated carbocycles. The van der Waals surface area contributed by atoms with Crippen LogP contribution in [-0.2, 0) is 4.79 Å². The van der Waals surface area contributed by atoms with Crippen LogP contribution in [0.25, 0.3) is 0 Å². The molecule has 2 N–H and O–H groups in total. The van der Waals surface area contributed by atoms with E-state index >= 15 is 0 Å². The lowest BCUT2D eigenvalue weighted by Crippen LogP contribution is -2.44. The van der Waals surface area contributed by atoms with Gasteiger partial charge in [-0.25, -0.2) is 4.79 Å². The monoisotopic (exact) mass is 265 g/mol. The molecule has 5 heteroatoms. The fraction of sp³-hybridized carbons (Fsp3) is 0.429. The Morgan fingerprint density at radius 3 is 2.63 bits per heavy atom. The summed E-state index contributed by atoms with van der Waals surface area (Å²) in [7, 11) is 0. The Kier molecular flexibility index (Phi) is 4.92. The maximum Gasteiger partial charge on any atom is 0.335 e. The molecule has 1 aromatic rings. The standard InChI is InChI=1S/C14H19NO4/c1-4-14(2,3)15-12(16)9-19-11-7-5-6-10(8-11)13(17)18/h5-8H,4,9H2,1-3H3,(H,15,16)(H,17,18). The van der Waals surface area contributed by atoms with Gasteiger partial charge in [-0.05, 0) is 38.5 Å². The Bertz CT molecular complexity index is 468. The number of carboxylic acids is 1. The van der Waals surface area contributed by atoms with Crippen LogP contribution in [0.4, 0.5) is 0 Å². The van der Waals surface area contributed by atoms with Crippen molar-refractivity contribution in [3.8, 4) is 5.75 Å². The van der Waals surface area contributed by atoms with Gasteiger partial charge in [-0.2, -0.15) is 0 Å². The van der Waals surface area contributed by atoms with Crippen molar-refractivity contribution in [2.24, 2.45) is 0 Å². The quantitative estimate of drug-likeness (QED) is 0.825. The molecule has 0 unspecified atom stereocenters. The molecule has 0 aliphatic heterocycles. The van der Waals surface area contributed by atoms with Gasteiger partial charge in [0.15, 0.2) is 6.61 Å². The van der Waals surface area contributed by atoms with E-state index in [0.717, 1.165) is 6.42 Å². The molecule has 19 heavy (non-hydrogen) atoms. The van der Waals surface area contributed by atoms with E-state index < -0.39 is 5.97 Å². The van der Waals surface area contributed by atoms with Crippen molar-refractivity contribution in [1.82, 2.24) is 5.32 Å². The van der Waals surface area contributed by atoms with Gasteiger partial charge in [-0.1, -0.05) is 13.0 Å². The molecular formula is C14H19NO4. The summed E-state index contributed by atoms with van der Waals surface area (Å²) in [5.74, 6) is -0.890. The predicted octanol–water partition coefficient (Wildman–Crippen LogP) is 2.07. The number of amides is 1. The normalized spacial score (nSPS) is 10.9. The van der Waals surface area contributed by atoms with E-state index in [2.05, 4.69) is 5.32 Å². The second-order valence-electron chi connectivity index (χ2n) is 4.91. The maximum atomic E-state index is 11.7. The third-order valence-corrected chi connectivity index (χ3v) is 2.81. The zero-order valence-electron chi connectivity index (χ0n) is 11.4. The summed E-state index contributed by atoms with van der Waals surface area (Å²) >= 11 is 0. The van der Waals surface area contributed by atoms with E-state index in [1.807, 2.05) is 20.8 Å². The molecule has 0 heterocycles. The van der Waals surface area contributed by atoms with Crippen LogP contribution in [0.3, 0.4) is 0 Å². The number of aromatic carboxylic acids is 1. The lowest BCUT2D eigenvalue weighted by molar-refractivity contribution is -0.124. The Hall–Kier alpha value is -2.04. The second-order valence-corrected chi connectivity index (χ2v) is 4.91. The maximum absolute atomic E-state index is 11.7. The highest BCUT2D eigenvalue weighted by atomic mass is 16.5. The van der Waals surface area contributed by atoms with Crippen LogP contribution in [0, 0.1) is 0 Å². The van der Waals surface area contributed by atoms with Crippen molar-refractivity contribution < 1.29 is 19.4 Å². The van der Waals surface area contributed by atoms with Gasteiger partial charge in [0.25, 0.3) is 5.91 Å². The number of carbonyl (C=O) groups excluding carboxylic acids is 1. The largest absolute Gasteiger partial charge is 0.484 e. The lowest BCUT2D eigenvalue weighted by atomic mass is 10.0. The summed E-state index contributed by atoms with van der Waals surface area (Å²) in [4.78, 5) is 22.4. The zero-order valence-corrected chi connectivity index (χ0v) is 11.4. The summed E-state index contributed by atoms with van der Waals surface area (Å²) in [5, 5.41) is 11.7. The number of hydrogen-bond acceptors (Lipinski definition) is 3. The first-order valence-electron chi connectivity index (χ1n) is 6.11. The molecule has 0 aromatic heterocycles. The third kappa shape index (κ3) is 4.99. The lowest BCUT2D eigenvalue weighted by Gasteiger charge is -2.24. The number of nitrogens with one attached hydrogen (secondary N) is 1. The van der Waals surface area contributed by atoms with Gasteiger partial charge in [-0.15, -0.1) is 0 Å². The summed E-state index contributed by atoms with van der Waals surface area (Å²) in [6.45, 7) is 5.70. The minimum Gasteiger partial charge on any atom is -0.484 e.